The molecule has 3 N–H and O–H groups in total. The first-order valence-electron chi connectivity index (χ1n) is 25.7. The van der Waals surface area contributed by atoms with Crippen LogP contribution in [0.5, 0.6) is 0 Å². The molecule has 1 amide bonds. The number of nitrogens with zero attached hydrogens (tertiary/aromatic N) is 1. The number of aliphatic hydroxyl groups excluding tert-OH is 1. The number of phosphoric acid groups is 1. The molecule has 0 saturated carbocycles. The van der Waals surface area contributed by atoms with Crippen LogP contribution in [0, 0.1) is 0 Å². The molecule has 0 aliphatic heterocycles. The maximum absolute atomic E-state index is 12.7. The molecular weight excluding hydrogens is 792 g/mol. The molecule has 0 aromatic carbocycles. The van der Waals surface area contributed by atoms with Crippen LogP contribution in [-0.2, 0) is 18.4 Å². The maximum Gasteiger partial charge on any atom is 0.472 e. The highest BCUT2D eigenvalue weighted by molar-refractivity contribution is 7.47. The summed E-state index contributed by atoms with van der Waals surface area (Å²) in [5.74, 6) is -0.155. The van der Waals surface area contributed by atoms with E-state index in [0.29, 0.717) is 23.9 Å². The van der Waals surface area contributed by atoms with Gasteiger partial charge >= 0.3 is 7.82 Å². The summed E-state index contributed by atoms with van der Waals surface area (Å²) < 4.78 is 23.3. The highest BCUT2D eigenvalue weighted by atomic mass is 31.2. The molecule has 0 aromatic rings. The van der Waals surface area contributed by atoms with Gasteiger partial charge in [-0.2, -0.15) is 0 Å². The predicted molar refractivity (Wildman–Crippen MR) is 267 cm³/mol. The number of unbranched alkanes of at least 4 members (excludes halogenated alkanes) is 23. The van der Waals surface area contributed by atoms with Crippen LogP contribution in [0.4, 0.5) is 0 Å². The van der Waals surface area contributed by atoms with Crippen LogP contribution >= 0.6 is 7.82 Å². The summed E-state index contributed by atoms with van der Waals surface area (Å²) in [5, 5.41) is 13.6. The van der Waals surface area contributed by atoms with Crippen molar-refractivity contribution in [1.29, 1.82) is 0 Å². The van der Waals surface area contributed by atoms with E-state index in [2.05, 4.69) is 79.9 Å². The van der Waals surface area contributed by atoms with Gasteiger partial charge in [0.25, 0.3) is 0 Å². The molecule has 362 valence electrons. The fraction of sp³-hybridized carbons (Fsp3) is 0.792. The minimum atomic E-state index is -4.29. The number of hydrogen-bond donors (Lipinski definition) is 3. The van der Waals surface area contributed by atoms with E-state index in [-0.39, 0.29) is 19.1 Å². The first-order chi connectivity index (χ1) is 30.0. The van der Waals surface area contributed by atoms with E-state index in [0.717, 1.165) is 70.6 Å². The number of quaternary nitrogens is 1. The molecule has 0 fully saturated rings. The van der Waals surface area contributed by atoms with Gasteiger partial charge in [-0.3, -0.25) is 13.8 Å². The van der Waals surface area contributed by atoms with Gasteiger partial charge < -0.3 is 19.8 Å². The average Bonchev–Trinajstić information content (AvgIpc) is 3.23. The van der Waals surface area contributed by atoms with E-state index in [4.69, 9.17) is 9.05 Å². The first kappa shape index (κ1) is 60.2. The molecule has 0 aliphatic rings. The minimum absolute atomic E-state index is 0.0730. The Kier molecular flexibility index (Phi) is 43.1. The van der Waals surface area contributed by atoms with Crippen LogP contribution in [0.1, 0.15) is 219 Å². The summed E-state index contributed by atoms with van der Waals surface area (Å²) in [7, 11) is 1.61. The van der Waals surface area contributed by atoms with Crippen molar-refractivity contribution in [1.82, 2.24) is 5.32 Å². The lowest BCUT2D eigenvalue weighted by atomic mass is 10.0. The van der Waals surface area contributed by atoms with Crippen LogP contribution in [-0.4, -0.2) is 73.4 Å². The molecule has 0 heterocycles. The number of aliphatic hydroxyl groups is 1. The van der Waals surface area contributed by atoms with Gasteiger partial charge in [-0.15, -0.1) is 0 Å². The largest absolute Gasteiger partial charge is 0.472 e. The molecular formula is C53H100N2O6P+. The van der Waals surface area contributed by atoms with Gasteiger partial charge in [0.1, 0.15) is 13.2 Å². The Hall–Kier alpha value is -1.80. The third kappa shape index (κ3) is 46.2. The molecule has 0 rings (SSSR count). The molecule has 8 nitrogen and oxygen atoms in total. The topological polar surface area (TPSA) is 105 Å². The molecule has 0 aromatic heterocycles. The molecule has 0 spiro atoms. The molecule has 0 saturated heterocycles. The third-order valence-electron chi connectivity index (χ3n) is 11.3. The maximum atomic E-state index is 12.7. The van der Waals surface area contributed by atoms with Crippen molar-refractivity contribution in [3.05, 3.63) is 60.8 Å². The summed E-state index contributed by atoms with van der Waals surface area (Å²) in [4.78, 5) is 22.9. The highest BCUT2D eigenvalue weighted by Crippen LogP contribution is 2.43. The molecule has 3 unspecified atom stereocenters. The molecule has 0 bridgehead atoms. The van der Waals surface area contributed by atoms with Crippen molar-refractivity contribution >= 4 is 13.7 Å². The predicted octanol–water partition coefficient (Wildman–Crippen LogP) is 15.0. The van der Waals surface area contributed by atoms with Gasteiger partial charge in [-0.25, -0.2) is 4.57 Å². The van der Waals surface area contributed by atoms with Crippen molar-refractivity contribution in [3.8, 4) is 0 Å². The van der Waals surface area contributed by atoms with Gasteiger partial charge in [0.2, 0.25) is 5.91 Å². The SMILES string of the molecule is CC/C=C\C/C=C\C/C=C\C/C=C\C/C=C\CCCCCCCCCCCCCCCCCCCCCCCC(=O)NC(COP(=O)(O)OCC[N+](C)(C)C)C(O)CCCCC. The Labute approximate surface area is 383 Å². The lowest BCUT2D eigenvalue weighted by Crippen LogP contribution is -2.46. The third-order valence-corrected chi connectivity index (χ3v) is 12.3. The summed E-state index contributed by atoms with van der Waals surface area (Å²) >= 11 is 0. The van der Waals surface area contributed by atoms with Crippen molar-refractivity contribution in [2.75, 3.05) is 40.9 Å². The van der Waals surface area contributed by atoms with Crippen LogP contribution in [0.15, 0.2) is 60.8 Å². The lowest BCUT2D eigenvalue weighted by Gasteiger charge is -2.26. The second-order valence-corrected chi connectivity index (χ2v) is 20.0. The quantitative estimate of drug-likeness (QED) is 0.0243. The number of likely N-dealkylation sites (N-methyl/N-ethyl adjacent to an activating group) is 1. The Bertz CT molecular complexity index is 1190. The zero-order chi connectivity index (χ0) is 45.7. The van der Waals surface area contributed by atoms with E-state index >= 15 is 0 Å². The van der Waals surface area contributed by atoms with E-state index in [1.54, 1.807) is 0 Å². The van der Waals surface area contributed by atoms with Crippen LogP contribution in [0.2, 0.25) is 0 Å². The first-order valence-corrected chi connectivity index (χ1v) is 27.1. The van der Waals surface area contributed by atoms with E-state index < -0.39 is 20.0 Å². The van der Waals surface area contributed by atoms with Crippen LogP contribution in [0.25, 0.3) is 0 Å². The Morgan fingerprint density at radius 2 is 0.968 bits per heavy atom. The smallest absolute Gasteiger partial charge is 0.391 e. The summed E-state index contributed by atoms with van der Waals surface area (Å²) in [5.41, 5.74) is 0. The van der Waals surface area contributed by atoms with E-state index in [1.807, 2.05) is 21.1 Å². The standard InChI is InChI=1S/C53H99N2O6P/c1-6-8-10-11-12-13-14-15-16-17-18-19-20-21-22-23-24-25-26-27-28-29-30-31-32-33-34-35-36-37-38-39-40-41-42-43-45-47-53(57)54-51(52(56)46-44-9-7-2)50-61-62(58,59)60-49-48-55(3,4)5/h8,10,12-13,15-16,18-19,21-22,51-52,56H,6-7,9,11,14,17,20,23-50H2,1-5H3,(H-,54,57,58,59)/p+1/b10-8-,13-12-,16-15-,19-18-,22-21-. The monoisotopic (exact) mass is 892 g/mol. The Morgan fingerprint density at radius 1 is 0.565 bits per heavy atom. The fourth-order valence-corrected chi connectivity index (χ4v) is 7.99. The zero-order valence-electron chi connectivity index (χ0n) is 41.1. The van der Waals surface area contributed by atoms with Crippen molar-refractivity contribution in [2.45, 2.75) is 231 Å². The second kappa shape index (κ2) is 44.4. The number of carbonyl (C=O) groups is 1. The number of allylic oxidation sites excluding steroid dienone is 10. The number of hydrogen-bond acceptors (Lipinski definition) is 5. The van der Waals surface area contributed by atoms with Gasteiger partial charge in [0.05, 0.1) is 39.9 Å². The van der Waals surface area contributed by atoms with Gasteiger partial charge in [-0.05, 0) is 57.8 Å². The zero-order valence-corrected chi connectivity index (χ0v) is 42.0. The van der Waals surface area contributed by atoms with Gasteiger partial charge in [0, 0.05) is 6.42 Å². The molecule has 0 aliphatic carbocycles. The summed E-state index contributed by atoms with van der Waals surface area (Å²) in [6.07, 6.45) is 59.5. The van der Waals surface area contributed by atoms with E-state index in [1.165, 1.54) is 122 Å². The van der Waals surface area contributed by atoms with Crippen molar-refractivity contribution in [3.63, 3.8) is 0 Å². The van der Waals surface area contributed by atoms with Crippen molar-refractivity contribution < 1.29 is 32.9 Å². The molecule has 9 heteroatoms. The lowest BCUT2D eigenvalue weighted by molar-refractivity contribution is -0.870. The van der Waals surface area contributed by atoms with E-state index in [9.17, 15) is 19.4 Å². The number of rotatable bonds is 46. The molecule has 0 radical (unpaired) electrons. The summed E-state index contributed by atoms with van der Waals surface area (Å²) in [6.45, 7) is 4.61. The number of phosphoric ester groups is 1. The Balaban J connectivity index is 3.67. The van der Waals surface area contributed by atoms with Crippen LogP contribution in [0.3, 0.4) is 0 Å². The highest BCUT2D eigenvalue weighted by Gasteiger charge is 2.28. The molecule has 62 heavy (non-hydrogen) atoms. The fourth-order valence-electron chi connectivity index (χ4n) is 7.25. The average molecular weight is 892 g/mol. The molecule has 3 atom stereocenters. The number of carbonyl (C=O) groups excluding carboxylic acids is 1. The second-order valence-electron chi connectivity index (χ2n) is 18.5. The Morgan fingerprint density at radius 3 is 1.39 bits per heavy atom. The van der Waals surface area contributed by atoms with Crippen LogP contribution < -0.4 is 5.32 Å². The number of nitrogens with one attached hydrogen (secondary N) is 1. The van der Waals surface area contributed by atoms with Gasteiger partial charge in [0.15, 0.2) is 0 Å². The van der Waals surface area contributed by atoms with Crippen molar-refractivity contribution in [2.24, 2.45) is 0 Å². The number of amides is 1. The summed E-state index contributed by atoms with van der Waals surface area (Å²) in [6, 6.07) is -0.755. The minimum Gasteiger partial charge on any atom is -0.391 e. The van der Waals surface area contributed by atoms with Gasteiger partial charge in [-0.1, -0.05) is 216 Å². The normalized spacial score (nSPS) is 14.6.